The normalized spacial score (nSPS) is 11.1. The maximum absolute atomic E-state index is 12.1. The zero-order valence-corrected chi connectivity index (χ0v) is 20.1. The number of benzene rings is 3. The molecule has 0 bridgehead atoms. The van der Waals surface area contributed by atoms with Crippen molar-refractivity contribution < 1.29 is 18.1 Å². The first-order valence-corrected chi connectivity index (χ1v) is 11.9. The second-order valence-corrected chi connectivity index (χ2v) is 9.27. The Hall–Kier alpha value is -3.63. The number of nitro groups is 1. The molecule has 0 radical (unpaired) electrons. The van der Waals surface area contributed by atoms with Crippen molar-refractivity contribution in [3.63, 3.8) is 0 Å². The van der Waals surface area contributed by atoms with Crippen molar-refractivity contribution in [2.45, 2.75) is 13.3 Å². The van der Waals surface area contributed by atoms with Crippen LogP contribution in [0.15, 0.2) is 60.7 Å². The highest BCUT2D eigenvalue weighted by atomic mass is 35.5. The quantitative estimate of drug-likeness (QED) is 0.182. The molecule has 0 unspecified atom stereocenters. The van der Waals surface area contributed by atoms with Crippen LogP contribution in [-0.2, 0) is 10.0 Å². The molecule has 178 valence electrons. The van der Waals surface area contributed by atoms with Crippen LogP contribution in [0.2, 0.25) is 0 Å². The van der Waals surface area contributed by atoms with Crippen molar-refractivity contribution in [1.29, 1.82) is 0 Å². The fourth-order valence-corrected chi connectivity index (χ4v) is 4.75. The Morgan fingerprint density at radius 2 is 1.76 bits per heavy atom. The fraction of sp³-hybridized carbons (Fsp3) is 0.174. The minimum Gasteiger partial charge on any atom is -0.494 e. The molecule has 0 fully saturated rings. The molecule has 0 saturated heterocycles. The van der Waals surface area contributed by atoms with Gasteiger partial charge in [0, 0.05) is 29.0 Å². The third-order valence-corrected chi connectivity index (χ3v) is 6.58. The van der Waals surface area contributed by atoms with Crippen molar-refractivity contribution in [2.24, 2.45) is 0 Å². The van der Waals surface area contributed by atoms with Crippen LogP contribution in [-0.4, -0.2) is 31.2 Å². The molecule has 1 heterocycles. The van der Waals surface area contributed by atoms with Gasteiger partial charge in [-0.25, -0.2) is 13.4 Å². The van der Waals surface area contributed by atoms with Gasteiger partial charge in [-0.15, -0.1) is 12.4 Å². The summed E-state index contributed by atoms with van der Waals surface area (Å²) in [5, 5.41) is 16.1. The molecular weight excluding hydrogens is 480 g/mol. The first kappa shape index (κ1) is 25.0. The number of para-hydroxylation sites is 1. The zero-order chi connectivity index (χ0) is 23.6. The molecule has 2 N–H and O–H groups in total. The summed E-state index contributed by atoms with van der Waals surface area (Å²) >= 11 is 0. The van der Waals surface area contributed by atoms with E-state index in [9.17, 15) is 18.5 Å². The Morgan fingerprint density at radius 1 is 1.03 bits per heavy atom. The van der Waals surface area contributed by atoms with Crippen LogP contribution in [0, 0.1) is 10.1 Å². The van der Waals surface area contributed by atoms with E-state index >= 15 is 0 Å². The predicted octanol–water partition coefficient (Wildman–Crippen LogP) is 5.62. The van der Waals surface area contributed by atoms with E-state index in [1.54, 1.807) is 31.2 Å². The number of anilines is 3. The summed E-state index contributed by atoms with van der Waals surface area (Å²) in [5.41, 5.74) is 2.82. The number of pyridine rings is 1. The molecule has 4 rings (SSSR count). The molecule has 4 aromatic rings. The topological polar surface area (TPSA) is 123 Å². The van der Waals surface area contributed by atoms with E-state index in [1.807, 2.05) is 24.3 Å². The molecule has 0 spiro atoms. The Morgan fingerprint density at radius 3 is 2.47 bits per heavy atom. The number of fused-ring (bicyclic) bond motifs is 2. The molecule has 0 aliphatic carbocycles. The first-order valence-electron chi connectivity index (χ1n) is 10.2. The van der Waals surface area contributed by atoms with Gasteiger partial charge in [-0.2, -0.15) is 0 Å². The number of nitrogens with one attached hydrogen (secondary N) is 2. The van der Waals surface area contributed by atoms with Gasteiger partial charge < -0.3 is 10.1 Å². The maximum Gasteiger partial charge on any atom is 0.271 e. The van der Waals surface area contributed by atoms with Crippen LogP contribution >= 0.6 is 12.4 Å². The van der Waals surface area contributed by atoms with Crippen LogP contribution in [0.4, 0.5) is 22.7 Å². The Kier molecular flexibility index (Phi) is 7.43. The molecule has 9 nitrogen and oxygen atoms in total. The van der Waals surface area contributed by atoms with Gasteiger partial charge in [0.15, 0.2) is 0 Å². The molecule has 3 aromatic carbocycles. The molecule has 11 heteroatoms. The lowest BCUT2D eigenvalue weighted by atomic mass is 10.1. The van der Waals surface area contributed by atoms with E-state index in [-0.39, 0.29) is 23.8 Å². The van der Waals surface area contributed by atoms with Crippen molar-refractivity contribution in [3.05, 3.63) is 70.8 Å². The summed E-state index contributed by atoms with van der Waals surface area (Å²) in [6.07, 6.45) is 0.506. The summed E-state index contributed by atoms with van der Waals surface area (Å²) < 4.78 is 32.3. The molecule has 34 heavy (non-hydrogen) atoms. The summed E-state index contributed by atoms with van der Waals surface area (Å²) in [7, 11) is -1.94. The van der Waals surface area contributed by atoms with Crippen LogP contribution in [0.3, 0.4) is 0 Å². The van der Waals surface area contributed by atoms with Gasteiger partial charge in [0.1, 0.15) is 5.75 Å². The van der Waals surface area contributed by atoms with Gasteiger partial charge >= 0.3 is 0 Å². The second kappa shape index (κ2) is 10.1. The van der Waals surface area contributed by atoms with Gasteiger partial charge in [-0.3, -0.25) is 14.8 Å². The van der Waals surface area contributed by atoms with Crippen LogP contribution in [0.5, 0.6) is 5.75 Å². The third-order valence-electron chi connectivity index (χ3n) is 5.08. The van der Waals surface area contributed by atoms with Gasteiger partial charge in [0.25, 0.3) is 5.69 Å². The SMILES string of the molecule is CCCS(=O)(=O)Nc1ccc(Nc2c3ccccc3nc3cc([N+](=O)[O-])ccc23)c(OC)c1.Cl. The van der Waals surface area contributed by atoms with Gasteiger partial charge in [-0.1, -0.05) is 25.1 Å². The number of nitro benzene ring substituents is 1. The lowest BCUT2D eigenvalue weighted by Gasteiger charge is -2.17. The van der Waals surface area contributed by atoms with Crippen LogP contribution < -0.4 is 14.8 Å². The molecule has 0 atom stereocenters. The van der Waals surface area contributed by atoms with Gasteiger partial charge in [0.2, 0.25) is 10.0 Å². The smallest absolute Gasteiger partial charge is 0.271 e. The number of non-ortho nitro benzene ring substituents is 1. The average Bonchev–Trinajstić information content (AvgIpc) is 2.78. The van der Waals surface area contributed by atoms with Crippen LogP contribution in [0.1, 0.15) is 13.3 Å². The van der Waals surface area contributed by atoms with Gasteiger partial charge in [-0.05, 0) is 30.7 Å². The Bertz CT molecular complexity index is 1480. The number of hydrogen-bond donors (Lipinski definition) is 2. The van der Waals surface area contributed by atoms with E-state index in [0.29, 0.717) is 45.7 Å². The molecule has 0 amide bonds. The largest absolute Gasteiger partial charge is 0.494 e. The van der Waals surface area contributed by atoms with Crippen molar-refractivity contribution >= 4 is 67.0 Å². The Balaban J connectivity index is 0.00000324. The van der Waals surface area contributed by atoms with E-state index in [2.05, 4.69) is 15.0 Å². The highest BCUT2D eigenvalue weighted by Gasteiger charge is 2.16. The number of aromatic nitrogens is 1. The predicted molar refractivity (Wildman–Crippen MR) is 137 cm³/mol. The van der Waals surface area contributed by atoms with E-state index in [0.717, 1.165) is 5.39 Å². The van der Waals surface area contributed by atoms with Gasteiger partial charge in [0.05, 0.1) is 45.9 Å². The summed E-state index contributed by atoms with van der Waals surface area (Å²) in [5.74, 6) is 0.457. The molecular formula is C23H23ClN4O5S. The fourth-order valence-electron chi connectivity index (χ4n) is 3.62. The summed E-state index contributed by atoms with van der Waals surface area (Å²) in [6.45, 7) is 1.80. The number of nitrogens with zero attached hydrogens (tertiary/aromatic N) is 2. The summed E-state index contributed by atoms with van der Waals surface area (Å²) in [6, 6.07) is 17.0. The minimum atomic E-state index is -3.44. The highest BCUT2D eigenvalue weighted by molar-refractivity contribution is 7.92. The van der Waals surface area contributed by atoms with Crippen molar-refractivity contribution in [2.75, 3.05) is 22.9 Å². The van der Waals surface area contributed by atoms with E-state index in [1.165, 1.54) is 19.2 Å². The van der Waals surface area contributed by atoms with E-state index < -0.39 is 14.9 Å². The molecule has 0 saturated carbocycles. The van der Waals surface area contributed by atoms with E-state index in [4.69, 9.17) is 4.74 Å². The maximum atomic E-state index is 12.1. The lowest BCUT2D eigenvalue weighted by Crippen LogP contribution is -2.16. The minimum absolute atomic E-state index is 0. The first-order chi connectivity index (χ1) is 15.8. The highest BCUT2D eigenvalue weighted by Crippen LogP contribution is 2.38. The lowest BCUT2D eigenvalue weighted by molar-refractivity contribution is -0.384. The molecule has 0 aliphatic rings. The number of halogens is 1. The number of rotatable bonds is 8. The molecule has 0 aliphatic heterocycles. The number of sulfonamides is 1. The average molecular weight is 503 g/mol. The van der Waals surface area contributed by atoms with Crippen molar-refractivity contribution in [1.82, 2.24) is 4.98 Å². The number of methoxy groups -OCH3 is 1. The zero-order valence-electron chi connectivity index (χ0n) is 18.4. The Labute approximate surface area is 202 Å². The van der Waals surface area contributed by atoms with Crippen molar-refractivity contribution in [3.8, 4) is 5.75 Å². The second-order valence-electron chi connectivity index (χ2n) is 7.42. The monoisotopic (exact) mass is 502 g/mol. The summed E-state index contributed by atoms with van der Waals surface area (Å²) in [4.78, 5) is 15.4. The standard InChI is InChI=1S/C23H22N4O5S.ClH/c1-3-12-33(30,31)26-15-8-11-20(22(13-15)32-2)25-23-17-6-4-5-7-19(17)24-21-14-16(27(28)29)9-10-18(21)23;/h4-11,13-14,26H,3,12H2,1-2H3,(H,24,25);1H. The molecule has 1 aromatic heterocycles. The number of ether oxygens (including phenoxy) is 1. The third kappa shape index (κ3) is 5.13. The number of hydrogen-bond acceptors (Lipinski definition) is 7. The van der Waals surface area contributed by atoms with Crippen LogP contribution in [0.25, 0.3) is 21.8 Å².